The fourth-order valence-electron chi connectivity index (χ4n) is 2.67. The highest BCUT2D eigenvalue weighted by Crippen LogP contribution is 2.29. The Morgan fingerprint density at radius 1 is 1.23 bits per heavy atom. The van der Waals surface area contributed by atoms with Crippen molar-refractivity contribution in [3.63, 3.8) is 0 Å². The summed E-state index contributed by atoms with van der Waals surface area (Å²) < 4.78 is 1.93. The highest BCUT2D eigenvalue weighted by atomic mass is 35.5. The van der Waals surface area contributed by atoms with Crippen molar-refractivity contribution in [3.8, 4) is 6.07 Å². The fourth-order valence-corrected chi connectivity index (χ4v) is 2.89. The maximum absolute atomic E-state index is 10.5. The molecule has 0 radical (unpaired) electrons. The van der Waals surface area contributed by atoms with Gasteiger partial charge in [-0.15, -0.1) is 10.2 Å². The van der Waals surface area contributed by atoms with Gasteiger partial charge in [0, 0.05) is 18.5 Å². The summed E-state index contributed by atoms with van der Waals surface area (Å²) in [6, 6.07) is 8.93. The SMILES string of the molecule is N#C/C(=C(/O)c1ccccc1Cl)c1nnc2n1CCCCC2. The molecule has 0 atom stereocenters. The Kier molecular flexibility index (Phi) is 4.12. The van der Waals surface area contributed by atoms with E-state index in [-0.39, 0.29) is 11.3 Å². The zero-order chi connectivity index (χ0) is 15.5. The van der Waals surface area contributed by atoms with Gasteiger partial charge in [0.15, 0.2) is 5.82 Å². The van der Waals surface area contributed by atoms with Gasteiger partial charge in [0.05, 0.1) is 5.02 Å². The molecule has 2 aromatic rings. The van der Waals surface area contributed by atoms with Crippen molar-refractivity contribution in [2.24, 2.45) is 0 Å². The van der Waals surface area contributed by atoms with E-state index in [0.717, 1.165) is 38.1 Å². The van der Waals surface area contributed by atoms with Crippen LogP contribution in [0, 0.1) is 11.3 Å². The van der Waals surface area contributed by atoms with Crippen molar-refractivity contribution in [1.82, 2.24) is 14.8 Å². The molecule has 1 aliphatic heterocycles. The standard InChI is InChI=1S/C16H15ClN4O/c17-13-7-4-3-6-11(13)15(22)12(10-18)16-20-19-14-8-2-1-5-9-21(14)16/h3-4,6-7,22H,1-2,5,8-9H2/b15-12-. The Bertz CT molecular complexity index is 773. The lowest BCUT2D eigenvalue weighted by Gasteiger charge is -2.09. The Morgan fingerprint density at radius 2 is 2.05 bits per heavy atom. The molecule has 1 N–H and O–H groups in total. The predicted octanol–water partition coefficient (Wildman–Crippen LogP) is 3.61. The molecule has 1 aromatic heterocycles. The molecule has 22 heavy (non-hydrogen) atoms. The van der Waals surface area contributed by atoms with Crippen LogP contribution in [0.3, 0.4) is 0 Å². The van der Waals surface area contributed by atoms with E-state index in [0.29, 0.717) is 16.4 Å². The van der Waals surface area contributed by atoms with Gasteiger partial charge in [-0.1, -0.05) is 30.2 Å². The molecule has 1 aromatic carbocycles. The van der Waals surface area contributed by atoms with Gasteiger partial charge < -0.3 is 9.67 Å². The first-order valence-electron chi connectivity index (χ1n) is 7.23. The van der Waals surface area contributed by atoms with Crippen LogP contribution in [0.25, 0.3) is 11.3 Å². The maximum atomic E-state index is 10.5. The number of aliphatic hydroxyl groups is 1. The second kappa shape index (κ2) is 6.20. The summed E-state index contributed by atoms with van der Waals surface area (Å²) in [4.78, 5) is 0. The van der Waals surface area contributed by atoms with Crippen molar-refractivity contribution >= 4 is 22.9 Å². The zero-order valence-corrected chi connectivity index (χ0v) is 12.7. The number of allylic oxidation sites excluding steroid dienone is 1. The van der Waals surface area contributed by atoms with Crippen LogP contribution in [0.1, 0.15) is 36.5 Å². The summed E-state index contributed by atoms with van der Waals surface area (Å²) in [7, 11) is 0. The van der Waals surface area contributed by atoms with Crippen LogP contribution in [0.4, 0.5) is 0 Å². The van der Waals surface area contributed by atoms with Crippen molar-refractivity contribution < 1.29 is 5.11 Å². The molecule has 6 heteroatoms. The third-order valence-corrected chi connectivity index (χ3v) is 4.14. The van der Waals surface area contributed by atoms with Crippen LogP contribution < -0.4 is 0 Å². The van der Waals surface area contributed by atoms with E-state index in [1.54, 1.807) is 24.3 Å². The fraction of sp³-hybridized carbons (Fsp3) is 0.312. The van der Waals surface area contributed by atoms with Gasteiger partial charge in [-0.2, -0.15) is 5.26 Å². The van der Waals surface area contributed by atoms with Crippen LogP contribution in [0.15, 0.2) is 24.3 Å². The second-order valence-corrected chi connectivity index (χ2v) is 5.62. The number of nitriles is 1. The van der Waals surface area contributed by atoms with Crippen LogP contribution >= 0.6 is 11.6 Å². The number of benzene rings is 1. The number of rotatable bonds is 2. The smallest absolute Gasteiger partial charge is 0.178 e. The molecule has 2 heterocycles. The van der Waals surface area contributed by atoms with Gasteiger partial charge in [-0.25, -0.2) is 0 Å². The Hall–Kier alpha value is -2.32. The van der Waals surface area contributed by atoms with Crippen LogP contribution in [-0.4, -0.2) is 19.9 Å². The molecule has 112 valence electrons. The normalized spacial score (nSPS) is 15.5. The molecule has 0 saturated heterocycles. The molecule has 0 aliphatic carbocycles. The van der Waals surface area contributed by atoms with Gasteiger partial charge in [0.1, 0.15) is 23.2 Å². The van der Waals surface area contributed by atoms with Crippen LogP contribution in [-0.2, 0) is 13.0 Å². The molecule has 0 unspecified atom stereocenters. The highest BCUT2D eigenvalue weighted by molar-refractivity contribution is 6.32. The predicted molar refractivity (Wildman–Crippen MR) is 84.1 cm³/mol. The number of nitrogens with zero attached hydrogens (tertiary/aromatic N) is 4. The summed E-state index contributed by atoms with van der Waals surface area (Å²) in [6.07, 6.45) is 4.06. The van der Waals surface area contributed by atoms with E-state index >= 15 is 0 Å². The lowest BCUT2D eigenvalue weighted by molar-refractivity contribution is 0.513. The molecule has 1 aliphatic rings. The number of aliphatic hydroxyl groups excluding tert-OH is 1. The molecule has 0 fully saturated rings. The van der Waals surface area contributed by atoms with E-state index in [4.69, 9.17) is 11.6 Å². The van der Waals surface area contributed by atoms with Gasteiger partial charge in [0.2, 0.25) is 0 Å². The first-order valence-corrected chi connectivity index (χ1v) is 7.61. The first kappa shape index (κ1) is 14.6. The topological polar surface area (TPSA) is 74.7 Å². The third kappa shape index (κ3) is 2.58. The number of fused-ring (bicyclic) bond motifs is 1. The summed E-state index contributed by atoms with van der Waals surface area (Å²) >= 11 is 6.10. The molecule has 5 nitrogen and oxygen atoms in total. The van der Waals surface area contributed by atoms with Gasteiger partial charge in [0.25, 0.3) is 0 Å². The van der Waals surface area contributed by atoms with E-state index < -0.39 is 0 Å². The quantitative estimate of drug-likeness (QED) is 0.678. The van der Waals surface area contributed by atoms with E-state index in [2.05, 4.69) is 10.2 Å². The summed E-state index contributed by atoms with van der Waals surface area (Å²) in [5.74, 6) is 1.12. The molecular weight excluding hydrogens is 300 g/mol. The van der Waals surface area contributed by atoms with Crippen LogP contribution in [0.5, 0.6) is 0 Å². The number of aromatic nitrogens is 3. The average molecular weight is 315 g/mol. The van der Waals surface area contributed by atoms with Gasteiger partial charge >= 0.3 is 0 Å². The lowest BCUT2D eigenvalue weighted by Crippen LogP contribution is -2.06. The highest BCUT2D eigenvalue weighted by Gasteiger charge is 2.21. The Balaban J connectivity index is 2.13. The number of halogens is 1. The van der Waals surface area contributed by atoms with Gasteiger partial charge in [-0.05, 0) is 25.0 Å². The molecule has 0 saturated carbocycles. The second-order valence-electron chi connectivity index (χ2n) is 5.22. The minimum atomic E-state index is -0.160. The van der Waals surface area contributed by atoms with Crippen molar-refractivity contribution in [2.45, 2.75) is 32.2 Å². The van der Waals surface area contributed by atoms with Crippen molar-refractivity contribution in [3.05, 3.63) is 46.5 Å². The molecule has 0 amide bonds. The largest absolute Gasteiger partial charge is 0.506 e. The van der Waals surface area contributed by atoms with Crippen molar-refractivity contribution in [2.75, 3.05) is 0 Å². The third-order valence-electron chi connectivity index (χ3n) is 3.81. The number of aryl methyl sites for hydroxylation is 1. The number of hydrogen-bond donors (Lipinski definition) is 1. The van der Waals surface area contributed by atoms with Gasteiger partial charge in [-0.3, -0.25) is 0 Å². The number of hydrogen-bond acceptors (Lipinski definition) is 4. The average Bonchev–Trinajstić information content (AvgIpc) is 2.77. The minimum Gasteiger partial charge on any atom is -0.506 e. The Labute approximate surface area is 133 Å². The van der Waals surface area contributed by atoms with E-state index in [1.807, 2.05) is 10.6 Å². The molecule has 3 rings (SSSR count). The molecule has 0 spiro atoms. The maximum Gasteiger partial charge on any atom is 0.178 e. The zero-order valence-electron chi connectivity index (χ0n) is 12.0. The summed E-state index contributed by atoms with van der Waals surface area (Å²) in [5, 5.41) is 28.7. The van der Waals surface area contributed by atoms with Crippen molar-refractivity contribution in [1.29, 1.82) is 5.26 Å². The minimum absolute atomic E-state index is 0.105. The summed E-state index contributed by atoms with van der Waals surface area (Å²) in [6.45, 7) is 0.763. The monoisotopic (exact) mass is 314 g/mol. The van der Waals surface area contributed by atoms with Crippen LogP contribution in [0.2, 0.25) is 5.02 Å². The van der Waals surface area contributed by atoms with E-state index in [9.17, 15) is 10.4 Å². The summed E-state index contributed by atoms with van der Waals surface area (Å²) in [5.41, 5.74) is 0.528. The van der Waals surface area contributed by atoms with E-state index in [1.165, 1.54) is 0 Å². The lowest BCUT2D eigenvalue weighted by atomic mass is 10.1. The first-order chi connectivity index (χ1) is 10.7. The molecule has 0 bridgehead atoms. The molecular formula is C16H15ClN4O. The Morgan fingerprint density at radius 3 is 2.82 bits per heavy atom.